The Bertz CT molecular complexity index is 257. The van der Waals surface area contributed by atoms with Crippen LogP contribution in [0.25, 0.3) is 0 Å². The summed E-state index contributed by atoms with van der Waals surface area (Å²) >= 11 is 0. The van der Waals surface area contributed by atoms with Gasteiger partial charge in [-0.25, -0.2) is 4.79 Å². The fourth-order valence-electron chi connectivity index (χ4n) is 2.45. The minimum absolute atomic E-state index is 0.142. The number of carbonyl (C=O) groups is 2. The highest BCUT2D eigenvalue weighted by atomic mass is 16.4. The maximum Gasteiger partial charge on any atom is 0.329 e. The Labute approximate surface area is 104 Å². The fourth-order valence-corrected chi connectivity index (χ4v) is 2.45. The first kappa shape index (κ1) is 15.9. The van der Waals surface area contributed by atoms with Crippen molar-refractivity contribution in [3.8, 4) is 0 Å². The second kappa shape index (κ2) is 7.30. The van der Waals surface area contributed by atoms with Crippen molar-refractivity contribution in [1.82, 2.24) is 4.90 Å². The van der Waals surface area contributed by atoms with Crippen LogP contribution in [-0.4, -0.2) is 34.0 Å². The van der Waals surface area contributed by atoms with Gasteiger partial charge in [-0.3, -0.25) is 4.79 Å². The summed E-state index contributed by atoms with van der Waals surface area (Å²) < 4.78 is 0. The zero-order valence-electron chi connectivity index (χ0n) is 11.5. The third kappa shape index (κ3) is 3.72. The Morgan fingerprint density at radius 1 is 1.06 bits per heavy atom. The normalized spacial score (nSPS) is 11.3. The maximum absolute atomic E-state index is 11.7. The van der Waals surface area contributed by atoms with Gasteiger partial charge in [0, 0.05) is 13.5 Å². The molecule has 0 unspecified atom stereocenters. The number of aliphatic carboxylic acids is 1. The van der Waals surface area contributed by atoms with E-state index in [-0.39, 0.29) is 5.91 Å². The van der Waals surface area contributed by atoms with E-state index in [1.54, 1.807) is 4.90 Å². The van der Waals surface area contributed by atoms with Crippen molar-refractivity contribution in [3.63, 3.8) is 0 Å². The Kier molecular flexibility index (Phi) is 6.85. The van der Waals surface area contributed by atoms with Crippen molar-refractivity contribution < 1.29 is 14.7 Å². The van der Waals surface area contributed by atoms with Crippen LogP contribution in [0, 0.1) is 0 Å². The molecule has 0 aromatic heterocycles. The first-order valence-corrected chi connectivity index (χ1v) is 6.47. The maximum atomic E-state index is 11.7. The third-order valence-electron chi connectivity index (χ3n) is 3.07. The van der Waals surface area contributed by atoms with E-state index in [1.807, 2.05) is 20.8 Å². The summed E-state index contributed by atoms with van der Waals surface area (Å²) in [6.45, 7) is 7.84. The molecule has 4 nitrogen and oxygen atoms in total. The third-order valence-corrected chi connectivity index (χ3v) is 3.07. The molecule has 0 aromatic rings. The van der Waals surface area contributed by atoms with Crippen molar-refractivity contribution in [2.24, 2.45) is 0 Å². The molecule has 0 aromatic carbocycles. The summed E-state index contributed by atoms with van der Waals surface area (Å²) in [5.41, 5.74) is -1.01. The van der Waals surface area contributed by atoms with E-state index in [9.17, 15) is 14.7 Å². The molecule has 1 amide bonds. The van der Waals surface area contributed by atoms with Crippen molar-refractivity contribution in [3.05, 3.63) is 0 Å². The molecule has 0 aliphatic heterocycles. The Morgan fingerprint density at radius 2 is 1.53 bits per heavy atom. The van der Waals surface area contributed by atoms with Gasteiger partial charge in [-0.15, -0.1) is 0 Å². The lowest BCUT2D eigenvalue weighted by Gasteiger charge is -2.40. The van der Waals surface area contributed by atoms with E-state index in [2.05, 4.69) is 0 Å². The topological polar surface area (TPSA) is 57.6 Å². The van der Waals surface area contributed by atoms with Crippen molar-refractivity contribution in [1.29, 1.82) is 0 Å². The number of nitrogens with zero attached hydrogens (tertiary/aromatic N) is 1. The molecule has 0 rings (SSSR count). The Hall–Kier alpha value is -1.06. The van der Waals surface area contributed by atoms with Crippen LogP contribution in [0.4, 0.5) is 0 Å². The molecule has 0 atom stereocenters. The van der Waals surface area contributed by atoms with Gasteiger partial charge in [0.15, 0.2) is 0 Å². The molecule has 0 saturated heterocycles. The lowest BCUT2D eigenvalue weighted by atomic mass is 9.86. The first-order valence-electron chi connectivity index (χ1n) is 6.47. The molecule has 0 radical (unpaired) electrons. The highest BCUT2D eigenvalue weighted by Gasteiger charge is 2.43. The highest BCUT2D eigenvalue weighted by molar-refractivity contribution is 5.86. The van der Waals surface area contributed by atoms with Gasteiger partial charge in [-0.1, -0.05) is 33.6 Å². The van der Waals surface area contributed by atoms with E-state index >= 15 is 0 Å². The van der Waals surface area contributed by atoms with Crippen LogP contribution in [0.1, 0.15) is 59.8 Å². The highest BCUT2D eigenvalue weighted by Crippen LogP contribution is 2.28. The molecule has 4 heteroatoms. The van der Waals surface area contributed by atoms with Crippen LogP contribution in [-0.2, 0) is 9.59 Å². The molecule has 0 heterocycles. The van der Waals surface area contributed by atoms with E-state index < -0.39 is 11.5 Å². The molecule has 0 saturated carbocycles. The number of carboxylic acids is 1. The molecular formula is C13H25NO3. The number of amides is 1. The second-order valence-corrected chi connectivity index (χ2v) is 4.51. The zero-order valence-corrected chi connectivity index (χ0v) is 11.5. The first-order chi connectivity index (χ1) is 7.96. The van der Waals surface area contributed by atoms with E-state index in [1.165, 1.54) is 6.92 Å². The standard InChI is InChI=1S/C13H25NO3/c1-5-8-13(9-6-2,12(16)17)14(10-7-3)11(4)15/h5-10H2,1-4H3,(H,16,17). The van der Waals surface area contributed by atoms with Gasteiger partial charge < -0.3 is 10.0 Å². The number of rotatable bonds is 8. The summed E-state index contributed by atoms with van der Waals surface area (Å²) in [6, 6.07) is 0. The summed E-state index contributed by atoms with van der Waals surface area (Å²) in [6.07, 6.45) is 3.35. The minimum Gasteiger partial charge on any atom is -0.479 e. The molecule has 0 bridgehead atoms. The van der Waals surface area contributed by atoms with Gasteiger partial charge in [-0.05, 0) is 19.3 Å². The van der Waals surface area contributed by atoms with Crippen LogP contribution in [0.3, 0.4) is 0 Å². The molecular weight excluding hydrogens is 218 g/mol. The van der Waals surface area contributed by atoms with Gasteiger partial charge >= 0.3 is 5.97 Å². The molecule has 17 heavy (non-hydrogen) atoms. The zero-order chi connectivity index (χ0) is 13.5. The fraction of sp³-hybridized carbons (Fsp3) is 0.846. The predicted molar refractivity (Wildman–Crippen MR) is 67.9 cm³/mol. The lowest BCUT2D eigenvalue weighted by molar-refractivity contribution is -0.160. The molecule has 0 aliphatic rings. The molecule has 100 valence electrons. The van der Waals surface area contributed by atoms with Crippen molar-refractivity contribution in [2.45, 2.75) is 65.3 Å². The van der Waals surface area contributed by atoms with E-state index in [0.29, 0.717) is 19.4 Å². The van der Waals surface area contributed by atoms with Crippen LogP contribution in [0.15, 0.2) is 0 Å². The molecule has 1 N–H and O–H groups in total. The number of carbonyl (C=O) groups excluding carboxylic acids is 1. The molecule has 0 fully saturated rings. The summed E-state index contributed by atoms with van der Waals surface area (Å²) in [5.74, 6) is -1.01. The Balaban J connectivity index is 5.32. The number of hydrogen-bond donors (Lipinski definition) is 1. The summed E-state index contributed by atoms with van der Waals surface area (Å²) in [7, 11) is 0. The SMILES string of the molecule is CCCN(C(C)=O)C(CCC)(CCC)C(=O)O. The number of carboxylic acid groups (broad SMARTS) is 1. The van der Waals surface area contributed by atoms with Crippen LogP contribution in [0.2, 0.25) is 0 Å². The number of hydrogen-bond acceptors (Lipinski definition) is 2. The minimum atomic E-state index is -1.01. The Morgan fingerprint density at radius 3 is 1.76 bits per heavy atom. The summed E-state index contributed by atoms with van der Waals surface area (Å²) in [4.78, 5) is 24.9. The van der Waals surface area contributed by atoms with Gasteiger partial charge in [0.05, 0.1) is 0 Å². The van der Waals surface area contributed by atoms with E-state index in [0.717, 1.165) is 19.3 Å². The predicted octanol–water partition coefficient (Wildman–Crippen LogP) is 2.67. The largest absolute Gasteiger partial charge is 0.479 e. The van der Waals surface area contributed by atoms with E-state index in [4.69, 9.17) is 0 Å². The lowest BCUT2D eigenvalue weighted by Crippen LogP contribution is -2.56. The van der Waals surface area contributed by atoms with Crippen molar-refractivity contribution >= 4 is 11.9 Å². The van der Waals surface area contributed by atoms with Gasteiger partial charge in [0.2, 0.25) is 5.91 Å². The van der Waals surface area contributed by atoms with Crippen LogP contribution in [0.5, 0.6) is 0 Å². The monoisotopic (exact) mass is 243 g/mol. The van der Waals surface area contributed by atoms with Crippen LogP contribution < -0.4 is 0 Å². The van der Waals surface area contributed by atoms with Gasteiger partial charge in [-0.2, -0.15) is 0 Å². The second-order valence-electron chi connectivity index (χ2n) is 4.51. The van der Waals surface area contributed by atoms with Gasteiger partial charge in [0.1, 0.15) is 5.54 Å². The van der Waals surface area contributed by atoms with Gasteiger partial charge in [0.25, 0.3) is 0 Å². The average molecular weight is 243 g/mol. The average Bonchev–Trinajstić information content (AvgIpc) is 2.24. The van der Waals surface area contributed by atoms with Crippen LogP contribution >= 0.6 is 0 Å². The molecule has 0 spiro atoms. The quantitative estimate of drug-likeness (QED) is 0.713. The summed E-state index contributed by atoms with van der Waals surface area (Å²) in [5, 5.41) is 9.54. The van der Waals surface area contributed by atoms with Crippen molar-refractivity contribution in [2.75, 3.05) is 6.54 Å². The smallest absolute Gasteiger partial charge is 0.329 e. The molecule has 0 aliphatic carbocycles.